The molecule has 4 atom stereocenters. The highest BCUT2D eigenvalue weighted by Gasteiger charge is 2.40. The second kappa shape index (κ2) is 13.3. The molecule has 0 amide bonds. The summed E-state index contributed by atoms with van der Waals surface area (Å²) >= 11 is 0. The molecule has 0 aliphatic heterocycles. The molecular weight excluding hydrogens is 545 g/mol. The van der Waals surface area contributed by atoms with Crippen LogP contribution in [-0.2, 0) is 29.3 Å². The Hall–Kier alpha value is -4.10. The number of rotatable bonds is 12. The van der Waals surface area contributed by atoms with Crippen molar-refractivity contribution in [2.75, 3.05) is 11.7 Å². The maximum Gasteiger partial charge on any atom is 0.247 e. The monoisotopic (exact) mass is 579 g/mol. The molecule has 1 unspecified atom stereocenters. The van der Waals surface area contributed by atoms with E-state index in [1.165, 1.54) is 0 Å². The van der Waals surface area contributed by atoms with Gasteiger partial charge in [0.2, 0.25) is 11.8 Å². The first-order valence-corrected chi connectivity index (χ1v) is 14.6. The van der Waals surface area contributed by atoms with Gasteiger partial charge in [0, 0.05) is 5.92 Å². The highest BCUT2D eigenvalue weighted by molar-refractivity contribution is 7.18. The van der Waals surface area contributed by atoms with Gasteiger partial charge in [-0.2, -0.15) is 9.97 Å². The molecule has 1 N–H and O–H groups in total. The second-order valence-corrected chi connectivity index (χ2v) is 10.7. The van der Waals surface area contributed by atoms with Crippen LogP contribution >= 0.6 is 9.39 Å². The third kappa shape index (κ3) is 6.36. The minimum Gasteiger partial charge on any atom is -0.471 e. The number of fused-ring (bicyclic) bond motifs is 1. The molecule has 3 aromatic carbocycles. The summed E-state index contributed by atoms with van der Waals surface area (Å²) in [5, 5.41) is 2.98. The molecule has 0 saturated heterocycles. The van der Waals surface area contributed by atoms with Crippen LogP contribution in [0.1, 0.15) is 29.2 Å². The predicted molar refractivity (Wildman–Crippen MR) is 167 cm³/mol. The molecule has 2 aromatic heterocycles. The SMILES string of the molecule is C=C1[C@H](COCc2ccccc2)[C@@H](OCc2ccccc2)C[C@@H]1n1cnc2c(OCc3ccccc3)nc(NP)nc21. The largest absolute Gasteiger partial charge is 0.471 e. The summed E-state index contributed by atoms with van der Waals surface area (Å²) in [5.74, 6) is 0.867. The van der Waals surface area contributed by atoms with Gasteiger partial charge in [-0.25, -0.2) is 4.98 Å². The molecule has 1 saturated carbocycles. The van der Waals surface area contributed by atoms with Gasteiger partial charge in [-0.05, 0) is 38.1 Å². The van der Waals surface area contributed by atoms with Gasteiger partial charge in [-0.3, -0.25) is 0 Å². The highest BCUT2D eigenvalue weighted by atomic mass is 31.0. The van der Waals surface area contributed by atoms with E-state index in [1.807, 2.05) is 66.7 Å². The Bertz CT molecular complexity index is 1610. The number of nitrogens with one attached hydrogen (secondary N) is 1. The van der Waals surface area contributed by atoms with E-state index < -0.39 is 0 Å². The Balaban J connectivity index is 1.25. The van der Waals surface area contributed by atoms with Crippen molar-refractivity contribution in [1.82, 2.24) is 19.5 Å². The molecule has 0 radical (unpaired) electrons. The smallest absolute Gasteiger partial charge is 0.247 e. The van der Waals surface area contributed by atoms with Crippen LogP contribution in [0.3, 0.4) is 0 Å². The highest BCUT2D eigenvalue weighted by Crippen LogP contribution is 2.43. The summed E-state index contributed by atoms with van der Waals surface area (Å²) < 4.78 is 20.9. The van der Waals surface area contributed by atoms with Crippen LogP contribution in [0, 0.1) is 5.92 Å². The fourth-order valence-electron chi connectivity index (χ4n) is 5.38. The number of anilines is 1. The molecule has 1 aliphatic rings. The summed E-state index contributed by atoms with van der Waals surface area (Å²) in [6.45, 7) is 6.49. The lowest BCUT2D eigenvalue weighted by atomic mass is 10.0. The van der Waals surface area contributed by atoms with Gasteiger partial charge in [-0.1, -0.05) is 97.6 Å². The van der Waals surface area contributed by atoms with Crippen molar-refractivity contribution < 1.29 is 14.2 Å². The van der Waals surface area contributed by atoms with E-state index in [0.717, 1.165) is 28.7 Å². The number of benzene rings is 3. The first-order valence-electron chi connectivity index (χ1n) is 14.0. The molecule has 1 fully saturated rings. The number of ether oxygens (including phenoxy) is 3. The molecule has 1 aliphatic carbocycles. The Labute approximate surface area is 248 Å². The van der Waals surface area contributed by atoms with Gasteiger partial charge < -0.3 is 23.9 Å². The van der Waals surface area contributed by atoms with Crippen LogP contribution in [0.15, 0.2) is 109 Å². The minimum atomic E-state index is -0.0779. The average molecular weight is 580 g/mol. The van der Waals surface area contributed by atoms with Crippen molar-refractivity contribution in [2.45, 2.75) is 38.4 Å². The van der Waals surface area contributed by atoms with E-state index in [2.05, 4.69) is 54.9 Å². The maximum absolute atomic E-state index is 6.52. The zero-order valence-corrected chi connectivity index (χ0v) is 24.5. The van der Waals surface area contributed by atoms with Crippen molar-refractivity contribution in [3.05, 3.63) is 126 Å². The second-order valence-electron chi connectivity index (χ2n) is 10.4. The summed E-state index contributed by atoms with van der Waals surface area (Å²) in [5.41, 5.74) is 5.63. The lowest BCUT2D eigenvalue weighted by Crippen LogP contribution is -2.23. The van der Waals surface area contributed by atoms with E-state index in [0.29, 0.717) is 49.4 Å². The van der Waals surface area contributed by atoms with Crippen LogP contribution in [0.4, 0.5) is 5.95 Å². The van der Waals surface area contributed by atoms with Gasteiger partial charge in [0.15, 0.2) is 11.2 Å². The van der Waals surface area contributed by atoms with E-state index >= 15 is 0 Å². The zero-order valence-electron chi connectivity index (χ0n) is 23.3. The van der Waals surface area contributed by atoms with Crippen molar-refractivity contribution >= 4 is 26.5 Å². The van der Waals surface area contributed by atoms with Gasteiger partial charge in [0.1, 0.15) is 6.61 Å². The predicted octanol–water partition coefficient (Wildman–Crippen LogP) is 6.53. The Morgan fingerprint density at radius 1 is 0.833 bits per heavy atom. The topological polar surface area (TPSA) is 83.3 Å². The number of aromatic nitrogens is 4. The molecule has 214 valence electrons. The lowest BCUT2D eigenvalue weighted by Gasteiger charge is -2.21. The van der Waals surface area contributed by atoms with Crippen LogP contribution in [-0.4, -0.2) is 32.2 Å². The van der Waals surface area contributed by atoms with Crippen LogP contribution < -0.4 is 9.82 Å². The molecule has 2 heterocycles. The number of nitrogens with zero attached hydrogens (tertiary/aromatic N) is 4. The third-order valence-corrected chi connectivity index (χ3v) is 7.86. The fraction of sp³-hybridized carbons (Fsp3) is 0.242. The van der Waals surface area contributed by atoms with Gasteiger partial charge in [0.05, 0.1) is 38.3 Å². The van der Waals surface area contributed by atoms with E-state index in [4.69, 9.17) is 24.2 Å². The third-order valence-electron chi connectivity index (χ3n) is 7.60. The standard InChI is InChI=1S/C33H34N5O3P/c1-23-27(21-39-18-24-11-5-2-6-12-24)29(40-19-25-13-7-3-8-14-25)17-28(23)38-22-34-30-31(38)35-33(37-42)36-32(30)41-20-26-15-9-4-10-16-26/h2-16,22,27-29H,1,17-21,42H2,(H,35,36,37)/t27-,28-,29-/m0/s1. The normalized spacial score (nSPS) is 18.4. The first kappa shape index (κ1) is 28.0. The summed E-state index contributed by atoms with van der Waals surface area (Å²) in [6.07, 6.45) is 2.45. The number of hydrogen-bond donors (Lipinski definition) is 1. The van der Waals surface area contributed by atoms with E-state index in [-0.39, 0.29) is 18.1 Å². The molecule has 0 spiro atoms. The maximum atomic E-state index is 6.52. The Kier molecular flexibility index (Phi) is 8.85. The van der Waals surface area contributed by atoms with Crippen LogP contribution in [0.2, 0.25) is 0 Å². The Morgan fingerprint density at radius 3 is 2.10 bits per heavy atom. The summed E-state index contributed by atoms with van der Waals surface area (Å²) in [4.78, 5) is 14.0. The number of imidazole rings is 1. The molecular formula is C33H34N5O3P. The molecule has 42 heavy (non-hydrogen) atoms. The first-order chi connectivity index (χ1) is 20.7. The quantitative estimate of drug-likeness (QED) is 0.133. The summed E-state index contributed by atoms with van der Waals surface area (Å²) in [6, 6.07) is 30.4. The van der Waals surface area contributed by atoms with Crippen LogP contribution in [0.25, 0.3) is 11.2 Å². The van der Waals surface area contributed by atoms with Gasteiger partial charge in [0.25, 0.3) is 0 Å². The number of hydrogen-bond acceptors (Lipinski definition) is 7. The molecule has 0 bridgehead atoms. The fourth-order valence-corrected chi connectivity index (χ4v) is 5.51. The Morgan fingerprint density at radius 2 is 1.45 bits per heavy atom. The molecule has 6 rings (SSSR count). The van der Waals surface area contributed by atoms with Crippen molar-refractivity contribution in [1.29, 1.82) is 0 Å². The average Bonchev–Trinajstić information content (AvgIpc) is 3.60. The lowest BCUT2D eigenvalue weighted by molar-refractivity contribution is -0.0122. The van der Waals surface area contributed by atoms with Crippen molar-refractivity contribution in [3.8, 4) is 5.88 Å². The molecule has 8 nitrogen and oxygen atoms in total. The molecule has 9 heteroatoms. The van der Waals surface area contributed by atoms with Crippen molar-refractivity contribution in [3.63, 3.8) is 0 Å². The minimum absolute atomic E-state index is 0.00911. The van der Waals surface area contributed by atoms with Gasteiger partial charge >= 0.3 is 0 Å². The molecule has 5 aromatic rings. The summed E-state index contributed by atoms with van der Waals surface area (Å²) in [7, 11) is 2.45. The van der Waals surface area contributed by atoms with Gasteiger partial charge in [-0.15, -0.1) is 0 Å². The van der Waals surface area contributed by atoms with Crippen molar-refractivity contribution in [2.24, 2.45) is 5.92 Å². The van der Waals surface area contributed by atoms with E-state index in [1.54, 1.807) is 6.33 Å². The van der Waals surface area contributed by atoms with Crippen LogP contribution in [0.5, 0.6) is 5.88 Å². The zero-order chi connectivity index (χ0) is 28.7. The van der Waals surface area contributed by atoms with E-state index in [9.17, 15) is 0 Å².